The molecule has 3 heteroatoms. The van der Waals surface area contributed by atoms with E-state index >= 15 is 0 Å². The molecule has 0 aliphatic carbocycles. The second-order valence-electron chi connectivity index (χ2n) is 4.01. The summed E-state index contributed by atoms with van der Waals surface area (Å²) in [6, 6.07) is 0. The van der Waals surface area contributed by atoms with Gasteiger partial charge in [-0.3, -0.25) is 4.79 Å². The third-order valence-corrected chi connectivity index (χ3v) is 2.62. The Bertz CT molecular complexity index is 180. The molecule has 0 saturated carbocycles. The Balaban J connectivity index is 2.35. The lowest BCUT2D eigenvalue weighted by Gasteiger charge is -2.30. The van der Waals surface area contributed by atoms with Crippen molar-refractivity contribution in [3.8, 4) is 0 Å². The van der Waals surface area contributed by atoms with Crippen LogP contribution in [0.3, 0.4) is 0 Å². The summed E-state index contributed by atoms with van der Waals surface area (Å²) in [5.41, 5.74) is 0. The summed E-state index contributed by atoms with van der Waals surface area (Å²) in [6.07, 6.45) is 2.51. The first-order chi connectivity index (χ1) is 6.11. The highest BCUT2D eigenvalue weighted by atomic mass is 16.3. The highest BCUT2D eigenvalue weighted by molar-refractivity contribution is 5.79. The van der Waals surface area contributed by atoms with Gasteiger partial charge in [-0.1, -0.05) is 6.92 Å². The first kappa shape index (κ1) is 10.5. The van der Waals surface area contributed by atoms with E-state index in [4.69, 9.17) is 5.11 Å². The lowest BCUT2D eigenvalue weighted by molar-refractivity contribution is -0.138. The van der Waals surface area contributed by atoms with Crippen LogP contribution in [0.15, 0.2) is 0 Å². The van der Waals surface area contributed by atoms with E-state index in [1.807, 2.05) is 11.8 Å². The minimum Gasteiger partial charge on any atom is -0.393 e. The molecule has 1 aliphatic rings. The van der Waals surface area contributed by atoms with Crippen molar-refractivity contribution >= 4 is 5.91 Å². The smallest absolute Gasteiger partial charge is 0.225 e. The lowest BCUT2D eigenvalue weighted by atomic mass is 9.99. The zero-order chi connectivity index (χ0) is 9.84. The minimum absolute atomic E-state index is 0.183. The van der Waals surface area contributed by atoms with Crippen molar-refractivity contribution in [1.82, 2.24) is 4.90 Å². The molecule has 2 atom stereocenters. The predicted octanol–water partition coefficient (Wildman–Crippen LogP) is 1.02. The summed E-state index contributed by atoms with van der Waals surface area (Å²) < 4.78 is 0. The van der Waals surface area contributed by atoms with Gasteiger partial charge in [0.2, 0.25) is 5.91 Å². The molecule has 1 heterocycles. The number of hydrogen-bond acceptors (Lipinski definition) is 2. The van der Waals surface area contributed by atoms with Crippen LogP contribution in [0, 0.1) is 5.92 Å². The molecule has 1 rings (SSSR count). The predicted molar refractivity (Wildman–Crippen MR) is 51.3 cm³/mol. The molecule has 0 aromatic heterocycles. The molecule has 3 nitrogen and oxygen atoms in total. The SMILES string of the molecule is CC(O)CCN1CCCC(C)C1=O. The van der Waals surface area contributed by atoms with Crippen LogP contribution in [-0.2, 0) is 4.79 Å². The van der Waals surface area contributed by atoms with Gasteiger partial charge >= 0.3 is 0 Å². The molecule has 0 bridgehead atoms. The van der Waals surface area contributed by atoms with Crippen molar-refractivity contribution in [3.63, 3.8) is 0 Å². The zero-order valence-electron chi connectivity index (χ0n) is 8.49. The Hall–Kier alpha value is -0.570. The number of amides is 1. The monoisotopic (exact) mass is 185 g/mol. The van der Waals surface area contributed by atoms with Crippen LogP contribution in [0.5, 0.6) is 0 Å². The van der Waals surface area contributed by atoms with Crippen LogP contribution in [-0.4, -0.2) is 35.1 Å². The Labute approximate surface area is 79.7 Å². The van der Waals surface area contributed by atoms with Gasteiger partial charge in [-0.2, -0.15) is 0 Å². The Morgan fingerprint density at radius 2 is 2.38 bits per heavy atom. The molecule has 0 aromatic carbocycles. The summed E-state index contributed by atoms with van der Waals surface area (Å²) >= 11 is 0. The van der Waals surface area contributed by atoms with E-state index < -0.39 is 0 Å². The van der Waals surface area contributed by atoms with Gasteiger partial charge < -0.3 is 10.0 Å². The fourth-order valence-electron chi connectivity index (χ4n) is 1.70. The number of carbonyl (C=O) groups is 1. The van der Waals surface area contributed by atoms with Crippen molar-refractivity contribution in [2.75, 3.05) is 13.1 Å². The van der Waals surface area contributed by atoms with Crippen molar-refractivity contribution in [1.29, 1.82) is 0 Å². The van der Waals surface area contributed by atoms with Gasteiger partial charge in [0.1, 0.15) is 0 Å². The molecule has 2 unspecified atom stereocenters. The first-order valence-electron chi connectivity index (χ1n) is 5.08. The normalized spacial score (nSPS) is 26.2. The molecule has 0 aromatic rings. The number of nitrogens with zero attached hydrogens (tertiary/aromatic N) is 1. The van der Waals surface area contributed by atoms with Crippen LogP contribution in [0.1, 0.15) is 33.1 Å². The fourth-order valence-corrected chi connectivity index (χ4v) is 1.70. The molecular weight excluding hydrogens is 166 g/mol. The van der Waals surface area contributed by atoms with E-state index in [-0.39, 0.29) is 17.9 Å². The van der Waals surface area contributed by atoms with Gasteiger partial charge in [-0.05, 0) is 26.2 Å². The maximum Gasteiger partial charge on any atom is 0.225 e. The van der Waals surface area contributed by atoms with Crippen LogP contribution in [0.2, 0.25) is 0 Å². The molecule has 76 valence electrons. The van der Waals surface area contributed by atoms with E-state index in [9.17, 15) is 4.79 Å². The van der Waals surface area contributed by atoms with Gasteiger partial charge in [-0.15, -0.1) is 0 Å². The quantitative estimate of drug-likeness (QED) is 0.713. The molecule has 13 heavy (non-hydrogen) atoms. The van der Waals surface area contributed by atoms with Gasteiger partial charge in [0.15, 0.2) is 0 Å². The summed E-state index contributed by atoms with van der Waals surface area (Å²) in [6.45, 7) is 5.32. The van der Waals surface area contributed by atoms with Gasteiger partial charge in [0.05, 0.1) is 6.10 Å². The summed E-state index contributed by atoms with van der Waals surface area (Å²) in [4.78, 5) is 13.5. The zero-order valence-corrected chi connectivity index (χ0v) is 8.49. The third kappa shape index (κ3) is 2.99. The Morgan fingerprint density at radius 1 is 1.69 bits per heavy atom. The van der Waals surface area contributed by atoms with Gasteiger partial charge in [0, 0.05) is 19.0 Å². The molecule has 1 N–H and O–H groups in total. The molecule has 1 saturated heterocycles. The van der Waals surface area contributed by atoms with Crippen molar-refractivity contribution in [2.24, 2.45) is 5.92 Å². The van der Waals surface area contributed by atoms with E-state index in [1.165, 1.54) is 0 Å². The second-order valence-corrected chi connectivity index (χ2v) is 4.01. The standard InChI is InChI=1S/C10H19NO2/c1-8-4-3-6-11(10(8)13)7-5-9(2)12/h8-9,12H,3-7H2,1-2H3. The van der Waals surface area contributed by atoms with Crippen LogP contribution < -0.4 is 0 Å². The summed E-state index contributed by atoms with van der Waals surface area (Å²) in [5.74, 6) is 0.439. The van der Waals surface area contributed by atoms with Crippen molar-refractivity contribution in [3.05, 3.63) is 0 Å². The summed E-state index contributed by atoms with van der Waals surface area (Å²) in [7, 11) is 0. The number of piperidine rings is 1. The van der Waals surface area contributed by atoms with E-state index in [2.05, 4.69) is 0 Å². The van der Waals surface area contributed by atoms with Gasteiger partial charge in [-0.25, -0.2) is 0 Å². The highest BCUT2D eigenvalue weighted by Gasteiger charge is 2.24. The Morgan fingerprint density at radius 3 is 3.00 bits per heavy atom. The number of aliphatic hydroxyl groups is 1. The number of aliphatic hydroxyl groups excluding tert-OH is 1. The third-order valence-electron chi connectivity index (χ3n) is 2.62. The van der Waals surface area contributed by atoms with Crippen LogP contribution >= 0.6 is 0 Å². The number of rotatable bonds is 3. The molecule has 0 spiro atoms. The molecule has 1 fully saturated rings. The average molecular weight is 185 g/mol. The summed E-state index contributed by atoms with van der Waals surface area (Å²) in [5, 5.41) is 9.10. The molecular formula is C10H19NO2. The van der Waals surface area contributed by atoms with E-state index in [0.29, 0.717) is 13.0 Å². The van der Waals surface area contributed by atoms with Crippen molar-refractivity contribution in [2.45, 2.75) is 39.2 Å². The average Bonchev–Trinajstić information content (AvgIpc) is 2.07. The number of carbonyl (C=O) groups excluding carboxylic acids is 1. The molecule has 0 radical (unpaired) electrons. The largest absolute Gasteiger partial charge is 0.393 e. The second kappa shape index (κ2) is 4.61. The van der Waals surface area contributed by atoms with Crippen LogP contribution in [0.4, 0.5) is 0 Å². The molecule has 1 amide bonds. The fraction of sp³-hybridized carbons (Fsp3) is 0.900. The number of hydrogen-bond donors (Lipinski definition) is 1. The maximum absolute atomic E-state index is 11.6. The molecule has 1 aliphatic heterocycles. The topological polar surface area (TPSA) is 40.5 Å². The Kier molecular flexibility index (Phi) is 3.72. The van der Waals surface area contributed by atoms with Crippen molar-refractivity contribution < 1.29 is 9.90 Å². The van der Waals surface area contributed by atoms with E-state index in [0.717, 1.165) is 19.4 Å². The lowest BCUT2D eigenvalue weighted by Crippen LogP contribution is -2.41. The first-order valence-corrected chi connectivity index (χ1v) is 5.08. The number of likely N-dealkylation sites (tertiary alicyclic amines) is 1. The highest BCUT2D eigenvalue weighted by Crippen LogP contribution is 2.17. The van der Waals surface area contributed by atoms with Crippen LogP contribution in [0.25, 0.3) is 0 Å². The van der Waals surface area contributed by atoms with E-state index in [1.54, 1.807) is 6.92 Å². The van der Waals surface area contributed by atoms with Gasteiger partial charge in [0.25, 0.3) is 0 Å². The minimum atomic E-state index is -0.301. The maximum atomic E-state index is 11.6.